The highest BCUT2D eigenvalue weighted by Crippen LogP contribution is 2.27. The van der Waals surface area contributed by atoms with Crippen LogP contribution in [0.4, 0.5) is 0 Å². The molecule has 5 heteroatoms. The van der Waals surface area contributed by atoms with Crippen LogP contribution < -0.4 is 0 Å². The maximum absolute atomic E-state index is 12.2. The highest BCUT2D eigenvalue weighted by atomic mass is 16.5. The number of rotatable bonds is 5. The number of nitrogens with zero attached hydrogens (tertiary/aromatic N) is 1. The molecule has 0 bridgehead atoms. The van der Waals surface area contributed by atoms with Crippen LogP contribution in [-0.4, -0.2) is 47.2 Å². The molecular formula is C12H21NO4. The number of hydrogen-bond acceptors (Lipinski definition) is 3. The van der Waals surface area contributed by atoms with E-state index in [4.69, 9.17) is 9.84 Å². The Hall–Kier alpha value is -1.10. The molecule has 1 N–H and O–H groups in total. The van der Waals surface area contributed by atoms with E-state index in [1.54, 1.807) is 0 Å². The molecule has 98 valence electrons. The lowest BCUT2D eigenvalue weighted by atomic mass is 10.0. The summed E-state index contributed by atoms with van der Waals surface area (Å²) in [4.78, 5) is 24.3. The zero-order chi connectivity index (χ0) is 13.0. The van der Waals surface area contributed by atoms with Gasteiger partial charge in [-0.25, -0.2) is 0 Å². The Kier molecular flexibility index (Phi) is 4.93. The molecular weight excluding hydrogens is 222 g/mol. The minimum absolute atomic E-state index is 0.0762. The molecule has 1 heterocycles. The van der Waals surface area contributed by atoms with E-state index in [9.17, 15) is 9.59 Å². The molecule has 17 heavy (non-hydrogen) atoms. The first kappa shape index (κ1) is 14.0. The summed E-state index contributed by atoms with van der Waals surface area (Å²) in [5.74, 6) is -1.01. The third kappa shape index (κ3) is 3.70. The van der Waals surface area contributed by atoms with Crippen LogP contribution in [0.25, 0.3) is 0 Å². The van der Waals surface area contributed by atoms with Crippen LogP contribution in [0.3, 0.4) is 0 Å². The van der Waals surface area contributed by atoms with E-state index in [0.717, 1.165) is 12.8 Å². The van der Waals surface area contributed by atoms with Crippen LogP contribution in [-0.2, 0) is 14.3 Å². The highest BCUT2D eigenvalue weighted by molar-refractivity contribution is 5.85. The van der Waals surface area contributed by atoms with Gasteiger partial charge in [-0.15, -0.1) is 0 Å². The smallest absolute Gasteiger partial charge is 0.323 e. The molecule has 0 aliphatic carbocycles. The predicted molar refractivity (Wildman–Crippen MR) is 62.6 cm³/mol. The zero-order valence-electron chi connectivity index (χ0n) is 10.7. The molecule has 1 rings (SSSR count). The lowest BCUT2D eigenvalue weighted by Gasteiger charge is -2.25. The number of ether oxygens (including phenoxy) is 1. The van der Waals surface area contributed by atoms with Crippen LogP contribution in [0, 0.1) is 5.92 Å². The fourth-order valence-corrected chi connectivity index (χ4v) is 2.27. The van der Waals surface area contributed by atoms with E-state index >= 15 is 0 Å². The van der Waals surface area contributed by atoms with Crippen molar-refractivity contribution in [2.75, 3.05) is 13.1 Å². The molecule has 1 saturated heterocycles. The van der Waals surface area contributed by atoms with Gasteiger partial charge in [-0.05, 0) is 25.7 Å². The second kappa shape index (κ2) is 6.00. The summed E-state index contributed by atoms with van der Waals surface area (Å²) in [7, 11) is 0. The third-order valence-electron chi connectivity index (χ3n) is 2.97. The molecule has 3 atom stereocenters. The van der Waals surface area contributed by atoms with Crippen molar-refractivity contribution in [2.24, 2.45) is 5.92 Å². The summed E-state index contributed by atoms with van der Waals surface area (Å²) < 4.78 is 5.56. The van der Waals surface area contributed by atoms with E-state index < -0.39 is 12.1 Å². The molecule has 0 radical (unpaired) electrons. The first-order chi connectivity index (χ1) is 7.95. The summed E-state index contributed by atoms with van der Waals surface area (Å²) >= 11 is 0. The van der Waals surface area contributed by atoms with Gasteiger partial charge >= 0.3 is 5.97 Å². The summed E-state index contributed by atoms with van der Waals surface area (Å²) in [6, 6.07) is 0. The fraction of sp³-hybridized carbons (Fsp3) is 0.833. The number of amides is 1. The first-order valence-electron chi connectivity index (χ1n) is 6.11. The van der Waals surface area contributed by atoms with Crippen LogP contribution in [0.2, 0.25) is 0 Å². The number of aliphatic carboxylic acids is 1. The molecule has 0 aromatic rings. The Morgan fingerprint density at radius 3 is 2.47 bits per heavy atom. The van der Waals surface area contributed by atoms with Crippen molar-refractivity contribution < 1.29 is 19.4 Å². The van der Waals surface area contributed by atoms with Crippen molar-refractivity contribution in [3.8, 4) is 0 Å². The van der Waals surface area contributed by atoms with Gasteiger partial charge < -0.3 is 14.7 Å². The summed E-state index contributed by atoms with van der Waals surface area (Å²) in [6.45, 7) is 6.05. The quantitative estimate of drug-likeness (QED) is 0.785. The monoisotopic (exact) mass is 243 g/mol. The van der Waals surface area contributed by atoms with E-state index in [1.807, 2.05) is 20.8 Å². The second-order valence-electron chi connectivity index (χ2n) is 4.73. The van der Waals surface area contributed by atoms with Gasteiger partial charge in [0, 0.05) is 6.54 Å². The number of carboxylic acids is 1. The predicted octanol–water partition coefficient (Wildman–Crippen LogP) is 1.12. The Bertz CT molecular complexity index is 292. The van der Waals surface area contributed by atoms with Crippen molar-refractivity contribution in [1.29, 1.82) is 0 Å². The lowest BCUT2D eigenvalue weighted by Crippen LogP contribution is -2.44. The Labute approximate surface area is 102 Å². The van der Waals surface area contributed by atoms with Gasteiger partial charge in [0.2, 0.25) is 0 Å². The fourth-order valence-electron chi connectivity index (χ4n) is 2.27. The van der Waals surface area contributed by atoms with E-state index in [0.29, 0.717) is 6.54 Å². The van der Waals surface area contributed by atoms with Crippen molar-refractivity contribution in [3.05, 3.63) is 0 Å². The topological polar surface area (TPSA) is 66.8 Å². The normalized spacial score (nSPS) is 28.1. The van der Waals surface area contributed by atoms with Crippen molar-refractivity contribution in [2.45, 2.75) is 45.8 Å². The molecule has 0 saturated carbocycles. The number of carbonyl (C=O) groups excluding carboxylic acids is 1. The number of carboxylic acid groups (broad SMARTS) is 1. The van der Waals surface area contributed by atoms with Gasteiger partial charge in [0.1, 0.15) is 12.6 Å². The summed E-state index contributed by atoms with van der Waals surface area (Å²) in [6.07, 6.45) is 1.20. The molecule has 1 amide bonds. The molecule has 5 nitrogen and oxygen atoms in total. The molecule has 3 unspecified atom stereocenters. The van der Waals surface area contributed by atoms with Crippen LogP contribution >= 0.6 is 0 Å². The minimum Gasteiger partial charge on any atom is -0.480 e. The summed E-state index contributed by atoms with van der Waals surface area (Å²) in [5.41, 5.74) is 0. The average Bonchev–Trinajstić information content (AvgIpc) is 2.55. The van der Waals surface area contributed by atoms with E-state index in [1.165, 1.54) is 4.90 Å². The molecule has 0 aromatic heterocycles. The second-order valence-corrected chi connectivity index (χ2v) is 4.73. The van der Waals surface area contributed by atoms with Crippen molar-refractivity contribution >= 4 is 11.9 Å². The standard InChI is InChI=1S/C12H21NO4/c1-4-5-13(7-10(14)15)12(16)11-8(2)6-9(3)17-11/h8-9,11H,4-7H2,1-3H3,(H,14,15). The maximum Gasteiger partial charge on any atom is 0.323 e. The largest absolute Gasteiger partial charge is 0.480 e. The van der Waals surface area contributed by atoms with Gasteiger partial charge in [0.05, 0.1) is 6.10 Å². The molecule has 1 aliphatic rings. The molecule has 0 aromatic carbocycles. The zero-order valence-corrected chi connectivity index (χ0v) is 10.7. The van der Waals surface area contributed by atoms with E-state index in [2.05, 4.69) is 0 Å². The first-order valence-corrected chi connectivity index (χ1v) is 6.11. The molecule has 1 aliphatic heterocycles. The molecule has 1 fully saturated rings. The van der Waals surface area contributed by atoms with Crippen LogP contribution in [0.15, 0.2) is 0 Å². The summed E-state index contributed by atoms with van der Waals surface area (Å²) in [5, 5.41) is 8.79. The van der Waals surface area contributed by atoms with Crippen LogP contribution in [0.5, 0.6) is 0 Å². The maximum atomic E-state index is 12.2. The highest BCUT2D eigenvalue weighted by Gasteiger charge is 2.37. The van der Waals surface area contributed by atoms with Gasteiger partial charge in [-0.3, -0.25) is 9.59 Å². The average molecular weight is 243 g/mol. The van der Waals surface area contributed by atoms with Gasteiger partial charge in [0.25, 0.3) is 5.91 Å². The van der Waals surface area contributed by atoms with Gasteiger partial charge in [-0.1, -0.05) is 13.8 Å². The van der Waals surface area contributed by atoms with Crippen LogP contribution in [0.1, 0.15) is 33.6 Å². The Morgan fingerprint density at radius 1 is 1.41 bits per heavy atom. The number of carbonyl (C=O) groups is 2. The minimum atomic E-state index is -0.981. The van der Waals surface area contributed by atoms with Gasteiger partial charge in [-0.2, -0.15) is 0 Å². The third-order valence-corrected chi connectivity index (χ3v) is 2.97. The van der Waals surface area contributed by atoms with Crippen molar-refractivity contribution in [1.82, 2.24) is 4.90 Å². The number of hydrogen-bond donors (Lipinski definition) is 1. The molecule has 0 spiro atoms. The Morgan fingerprint density at radius 2 is 2.06 bits per heavy atom. The lowest BCUT2D eigenvalue weighted by molar-refractivity contribution is -0.151. The van der Waals surface area contributed by atoms with Crippen molar-refractivity contribution in [3.63, 3.8) is 0 Å². The van der Waals surface area contributed by atoms with E-state index in [-0.39, 0.29) is 24.5 Å². The SMILES string of the molecule is CCCN(CC(=O)O)C(=O)C1OC(C)CC1C. The van der Waals surface area contributed by atoms with Gasteiger partial charge in [0.15, 0.2) is 0 Å². The Balaban J connectivity index is 2.66.